The third kappa shape index (κ3) is 4.02. The first kappa shape index (κ1) is 14.5. The second kappa shape index (κ2) is 7.01. The third-order valence-electron chi connectivity index (χ3n) is 4.24. The van der Waals surface area contributed by atoms with Crippen LogP contribution in [0.4, 0.5) is 4.39 Å². The highest BCUT2D eigenvalue weighted by atomic mass is 19.1. The predicted molar refractivity (Wildman–Crippen MR) is 77.4 cm³/mol. The van der Waals surface area contributed by atoms with E-state index in [-0.39, 0.29) is 11.9 Å². The van der Waals surface area contributed by atoms with Gasteiger partial charge in [-0.2, -0.15) is 0 Å². The molecule has 19 heavy (non-hydrogen) atoms. The summed E-state index contributed by atoms with van der Waals surface area (Å²) in [6, 6.07) is 7.21. The van der Waals surface area contributed by atoms with Gasteiger partial charge in [0, 0.05) is 24.2 Å². The molecule has 2 N–H and O–H groups in total. The first-order valence-electron chi connectivity index (χ1n) is 7.38. The molecule has 1 aliphatic rings. The van der Waals surface area contributed by atoms with E-state index in [1.807, 2.05) is 6.07 Å². The van der Waals surface area contributed by atoms with Crippen LogP contribution in [0.15, 0.2) is 24.3 Å². The minimum atomic E-state index is -0.241. The highest BCUT2D eigenvalue weighted by molar-refractivity contribution is 5.21. The van der Waals surface area contributed by atoms with Crippen molar-refractivity contribution < 1.29 is 4.39 Å². The molecule has 1 aromatic carbocycles. The maximum absolute atomic E-state index is 13.7. The maximum Gasteiger partial charge on any atom is 0.128 e. The molecule has 0 radical (unpaired) electrons. The van der Waals surface area contributed by atoms with Crippen LogP contribution in [0.3, 0.4) is 0 Å². The van der Waals surface area contributed by atoms with Gasteiger partial charge < -0.3 is 10.6 Å². The number of hydrogen-bond donors (Lipinski definition) is 1. The Morgan fingerprint density at radius 3 is 2.47 bits per heavy atom. The summed E-state index contributed by atoms with van der Waals surface area (Å²) >= 11 is 0. The summed E-state index contributed by atoms with van der Waals surface area (Å²) in [7, 11) is 2.12. The summed E-state index contributed by atoms with van der Waals surface area (Å²) in [5, 5.41) is 0. The lowest BCUT2D eigenvalue weighted by molar-refractivity contribution is 0.208. The molecular formula is C16H25FN2. The topological polar surface area (TPSA) is 29.3 Å². The van der Waals surface area contributed by atoms with Gasteiger partial charge in [-0.3, -0.25) is 0 Å². The van der Waals surface area contributed by atoms with Crippen molar-refractivity contribution in [1.29, 1.82) is 0 Å². The van der Waals surface area contributed by atoms with Crippen molar-refractivity contribution in [3.05, 3.63) is 35.6 Å². The van der Waals surface area contributed by atoms with E-state index < -0.39 is 0 Å². The van der Waals surface area contributed by atoms with Gasteiger partial charge in [-0.25, -0.2) is 4.39 Å². The van der Waals surface area contributed by atoms with Crippen LogP contribution in [0.1, 0.15) is 50.1 Å². The van der Waals surface area contributed by atoms with Crippen LogP contribution >= 0.6 is 0 Å². The van der Waals surface area contributed by atoms with Gasteiger partial charge in [0.05, 0.1) is 0 Å². The van der Waals surface area contributed by atoms with Crippen LogP contribution in [0, 0.1) is 5.82 Å². The van der Waals surface area contributed by atoms with E-state index in [4.69, 9.17) is 5.73 Å². The molecule has 0 saturated heterocycles. The van der Waals surface area contributed by atoms with Gasteiger partial charge in [0.2, 0.25) is 0 Å². The van der Waals surface area contributed by atoms with Gasteiger partial charge in [-0.15, -0.1) is 0 Å². The van der Waals surface area contributed by atoms with Crippen LogP contribution in [-0.4, -0.2) is 24.5 Å². The fourth-order valence-corrected chi connectivity index (χ4v) is 3.03. The molecule has 3 heteroatoms. The minimum absolute atomic E-state index is 0.190. The molecule has 0 bridgehead atoms. The zero-order valence-electron chi connectivity index (χ0n) is 11.8. The maximum atomic E-state index is 13.7. The smallest absolute Gasteiger partial charge is 0.128 e. The monoisotopic (exact) mass is 264 g/mol. The van der Waals surface area contributed by atoms with Crippen LogP contribution in [0.2, 0.25) is 0 Å². The van der Waals surface area contributed by atoms with Crippen LogP contribution in [0.5, 0.6) is 0 Å². The van der Waals surface area contributed by atoms with Gasteiger partial charge >= 0.3 is 0 Å². The van der Waals surface area contributed by atoms with Crippen molar-refractivity contribution in [2.24, 2.45) is 5.73 Å². The van der Waals surface area contributed by atoms with E-state index in [9.17, 15) is 4.39 Å². The first-order valence-corrected chi connectivity index (χ1v) is 7.38. The van der Waals surface area contributed by atoms with Crippen LogP contribution in [0.25, 0.3) is 0 Å². The summed E-state index contributed by atoms with van der Waals surface area (Å²) < 4.78 is 13.7. The lowest BCUT2D eigenvalue weighted by Gasteiger charge is -2.29. The Hall–Kier alpha value is -0.930. The van der Waals surface area contributed by atoms with Gasteiger partial charge in [0.1, 0.15) is 5.82 Å². The van der Waals surface area contributed by atoms with Crippen molar-refractivity contribution in [1.82, 2.24) is 4.90 Å². The van der Waals surface area contributed by atoms with E-state index in [2.05, 4.69) is 11.9 Å². The SMILES string of the molecule is CN(CC(N)c1ccccc1F)C1CCCCCC1. The number of rotatable bonds is 4. The molecule has 0 amide bonds. The van der Waals surface area contributed by atoms with Crippen molar-refractivity contribution in [3.8, 4) is 0 Å². The molecule has 1 fully saturated rings. The Morgan fingerprint density at radius 1 is 1.21 bits per heavy atom. The number of hydrogen-bond acceptors (Lipinski definition) is 2. The molecule has 0 spiro atoms. The average Bonchev–Trinajstić information content (AvgIpc) is 2.68. The average molecular weight is 264 g/mol. The van der Waals surface area contributed by atoms with Gasteiger partial charge in [-0.05, 0) is 26.0 Å². The molecule has 1 saturated carbocycles. The fraction of sp³-hybridized carbons (Fsp3) is 0.625. The van der Waals surface area contributed by atoms with Crippen molar-refractivity contribution in [2.75, 3.05) is 13.6 Å². The molecule has 0 aromatic heterocycles. The quantitative estimate of drug-likeness (QED) is 0.844. The van der Waals surface area contributed by atoms with Crippen molar-refractivity contribution >= 4 is 0 Å². The zero-order valence-corrected chi connectivity index (χ0v) is 11.8. The van der Waals surface area contributed by atoms with Crippen LogP contribution in [-0.2, 0) is 0 Å². The van der Waals surface area contributed by atoms with Crippen molar-refractivity contribution in [2.45, 2.75) is 50.6 Å². The first-order chi connectivity index (χ1) is 9.18. The molecule has 2 nitrogen and oxygen atoms in total. The molecule has 1 unspecified atom stereocenters. The van der Waals surface area contributed by atoms with E-state index in [1.54, 1.807) is 12.1 Å². The van der Waals surface area contributed by atoms with Gasteiger partial charge in [0.15, 0.2) is 0 Å². The second-order valence-electron chi connectivity index (χ2n) is 5.71. The minimum Gasteiger partial charge on any atom is -0.323 e. The molecule has 0 heterocycles. The Morgan fingerprint density at radius 2 is 1.84 bits per heavy atom. The number of benzene rings is 1. The molecular weight excluding hydrogens is 239 g/mol. The third-order valence-corrected chi connectivity index (χ3v) is 4.24. The summed E-state index contributed by atoms with van der Waals surface area (Å²) in [6.07, 6.45) is 7.82. The molecule has 1 aromatic rings. The number of halogens is 1. The van der Waals surface area contributed by atoms with Crippen LogP contribution < -0.4 is 5.73 Å². The van der Waals surface area contributed by atoms with Gasteiger partial charge in [-0.1, -0.05) is 43.9 Å². The highest BCUT2D eigenvalue weighted by Gasteiger charge is 2.20. The lowest BCUT2D eigenvalue weighted by Crippen LogP contribution is -2.37. The zero-order chi connectivity index (χ0) is 13.7. The van der Waals surface area contributed by atoms with Crippen molar-refractivity contribution in [3.63, 3.8) is 0 Å². The Kier molecular flexibility index (Phi) is 5.34. The Balaban J connectivity index is 1.94. The Labute approximate surface area is 115 Å². The standard InChI is InChI=1S/C16H25FN2/c1-19(13-8-4-2-3-5-9-13)12-16(18)14-10-6-7-11-15(14)17/h6-7,10-11,13,16H,2-5,8-9,12,18H2,1H3. The van der Waals surface area contributed by atoms with E-state index in [1.165, 1.54) is 44.6 Å². The van der Waals surface area contributed by atoms with Gasteiger partial charge in [0.25, 0.3) is 0 Å². The second-order valence-corrected chi connectivity index (χ2v) is 5.71. The summed E-state index contributed by atoms with van der Waals surface area (Å²) in [6.45, 7) is 0.728. The molecule has 1 aliphatic carbocycles. The van der Waals surface area contributed by atoms with E-state index in [0.29, 0.717) is 11.6 Å². The highest BCUT2D eigenvalue weighted by Crippen LogP contribution is 2.23. The summed E-state index contributed by atoms with van der Waals surface area (Å²) in [5.41, 5.74) is 6.79. The largest absolute Gasteiger partial charge is 0.323 e. The number of nitrogens with zero attached hydrogens (tertiary/aromatic N) is 1. The summed E-state index contributed by atoms with van der Waals surface area (Å²) in [5.74, 6) is -0.190. The molecule has 106 valence electrons. The number of nitrogens with two attached hydrogens (primary N) is 1. The number of likely N-dealkylation sites (N-methyl/N-ethyl adjacent to an activating group) is 1. The molecule has 1 atom stereocenters. The summed E-state index contributed by atoms with van der Waals surface area (Å²) in [4.78, 5) is 2.32. The van der Waals surface area contributed by atoms with E-state index in [0.717, 1.165) is 6.54 Å². The predicted octanol–water partition coefficient (Wildman–Crippen LogP) is 3.48. The molecule has 0 aliphatic heterocycles. The Bertz CT molecular complexity index is 386. The van der Waals surface area contributed by atoms with E-state index >= 15 is 0 Å². The normalized spacial score (nSPS) is 19.4. The fourth-order valence-electron chi connectivity index (χ4n) is 3.03. The lowest BCUT2D eigenvalue weighted by atomic mass is 10.0. The molecule has 2 rings (SSSR count).